The fraction of sp³-hybridized carbons (Fsp3) is 0.0769. The third-order valence-corrected chi connectivity index (χ3v) is 3.30. The maximum atomic E-state index is 13.6. The highest BCUT2D eigenvalue weighted by Crippen LogP contribution is 2.17. The zero-order valence-electron chi connectivity index (χ0n) is 10.8. The standard InChI is InChI=1S/C13H11FN6S/c14-9-2-1-7(3-8(9)12(16)21)4-20-6-19-10-11(15)17-5-18-13(10)20/h1-3,5-6H,4H2,(H2,16,21)(H2,15,17,18). The van der Waals surface area contributed by atoms with Gasteiger partial charge in [-0.2, -0.15) is 0 Å². The van der Waals surface area contributed by atoms with Gasteiger partial charge in [0, 0.05) is 5.56 Å². The summed E-state index contributed by atoms with van der Waals surface area (Å²) in [5, 5.41) is 0. The van der Waals surface area contributed by atoms with E-state index in [1.807, 2.05) is 0 Å². The molecule has 4 N–H and O–H groups in total. The van der Waals surface area contributed by atoms with E-state index in [-0.39, 0.29) is 10.6 Å². The van der Waals surface area contributed by atoms with E-state index >= 15 is 0 Å². The Morgan fingerprint density at radius 1 is 1.29 bits per heavy atom. The maximum Gasteiger partial charge on any atom is 0.165 e. The molecule has 0 aliphatic carbocycles. The molecule has 1 aromatic carbocycles. The Labute approximate surface area is 124 Å². The first-order chi connectivity index (χ1) is 10.1. The molecule has 21 heavy (non-hydrogen) atoms. The topological polar surface area (TPSA) is 95.6 Å². The number of nitrogens with two attached hydrogens (primary N) is 2. The number of benzene rings is 1. The van der Waals surface area contributed by atoms with Crippen LogP contribution in [0.1, 0.15) is 11.1 Å². The van der Waals surface area contributed by atoms with Crippen molar-refractivity contribution in [2.45, 2.75) is 6.54 Å². The molecule has 0 fully saturated rings. The van der Waals surface area contributed by atoms with Gasteiger partial charge in [-0.25, -0.2) is 19.3 Å². The van der Waals surface area contributed by atoms with Crippen LogP contribution in [0.2, 0.25) is 0 Å². The summed E-state index contributed by atoms with van der Waals surface area (Å²) >= 11 is 4.83. The number of nitrogen functional groups attached to an aromatic ring is 1. The zero-order valence-corrected chi connectivity index (χ0v) is 11.6. The van der Waals surface area contributed by atoms with Crippen LogP contribution in [0.25, 0.3) is 11.2 Å². The minimum Gasteiger partial charge on any atom is -0.389 e. The number of imidazole rings is 1. The predicted octanol–water partition coefficient (Wildman–Crippen LogP) is 1.23. The van der Waals surface area contributed by atoms with Crippen molar-refractivity contribution < 1.29 is 4.39 Å². The first kappa shape index (κ1) is 13.4. The van der Waals surface area contributed by atoms with Crippen LogP contribution >= 0.6 is 12.2 Å². The second kappa shape index (κ2) is 5.06. The number of halogens is 1. The Kier molecular flexibility index (Phi) is 3.22. The molecule has 0 aliphatic heterocycles. The van der Waals surface area contributed by atoms with Crippen molar-refractivity contribution >= 4 is 34.2 Å². The van der Waals surface area contributed by atoms with E-state index < -0.39 is 5.82 Å². The van der Waals surface area contributed by atoms with Gasteiger partial charge in [0.2, 0.25) is 0 Å². The molecular formula is C13H11FN6S. The van der Waals surface area contributed by atoms with E-state index in [2.05, 4.69) is 15.0 Å². The number of hydrogen-bond donors (Lipinski definition) is 2. The number of rotatable bonds is 3. The van der Waals surface area contributed by atoms with Gasteiger partial charge >= 0.3 is 0 Å². The minimum absolute atomic E-state index is 0.0245. The van der Waals surface area contributed by atoms with Gasteiger partial charge in [0.1, 0.15) is 22.6 Å². The predicted molar refractivity (Wildman–Crippen MR) is 81.1 cm³/mol. The van der Waals surface area contributed by atoms with Gasteiger partial charge in [-0.1, -0.05) is 18.3 Å². The van der Waals surface area contributed by atoms with E-state index in [9.17, 15) is 4.39 Å². The highest BCUT2D eigenvalue weighted by molar-refractivity contribution is 7.80. The molecule has 8 heteroatoms. The molecule has 6 nitrogen and oxygen atoms in total. The van der Waals surface area contributed by atoms with Crippen molar-refractivity contribution in [3.8, 4) is 0 Å². The van der Waals surface area contributed by atoms with Gasteiger partial charge < -0.3 is 16.0 Å². The molecule has 2 aromatic heterocycles. The average Bonchev–Trinajstić information content (AvgIpc) is 2.85. The lowest BCUT2D eigenvalue weighted by Crippen LogP contribution is -2.12. The first-order valence-electron chi connectivity index (χ1n) is 6.06. The Bertz CT molecular complexity index is 844. The fourth-order valence-corrected chi connectivity index (χ4v) is 2.23. The molecule has 106 valence electrons. The quantitative estimate of drug-likeness (QED) is 0.707. The largest absolute Gasteiger partial charge is 0.389 e. The van der Waals surface area contributed by atoms with Gasteiger partial charge in [0.05, 0.1) is 12.9 Å². The Balaban J connectivity index is 2.01. The van der Waals surface area contributed by atoms with Gasteiger partial charge in [0.15, 0.2) is 11.5 Å². The molecule has 0 saturated heterocycles. The number of anilines is 1. The van der Waals surface area contributed by atoms with Crippen LogP contribution in [0.15, 0.2) is 30.9 Å². The third-order valence-electron chi connectivity index (χ3n) is 3.08. The Morgan fingerprint density at radius 2 is 2.10 bits per heavy atom. The lowest BCUT2D eigenvalue weighted by Gasteiger charge is -2.07. The van der Waals surface area contributed by atoms with Crippen LogP contribution in [0, 0.1) is 5.82 Å². The highest BCUT2D eigenvalue weighted by atomic mass is 32.1. The second-order valence-electron chi connectivity index (χ2n) is 4.48. The van der Waals surface area contributed by atoms with Gasteiger partial charge in [-0.3, -0.25) is 0 Å². The first-order valence-corrected chi connectivity index (χ1v) is 6.46. The number of nitrogens with zero attached hydrogens (tertiary/aromatic N) is 4. The second-order valence-corrected chi connectivity index (χ2v) is 4.92. The summed E-state index contributed by atoms with van der Waals surface area (Å²) in [5.41, 5.74) is 13.4. The summed E-state index contributed by atoms with van der Waals surface area (Å²) in [6, 6.07) is 4.62. The number of aromatic nitrogens is 4. The summed E-state index contributed by atoms with van der Waals surface area (Å²) in [5.74, 6) is -0.116. The van der Waals surface area contributed by atoms with Crippen molar-refractivity contribution in [3.63, 3.8) is 0 Å². The molecule has 3 rings (SSSR count). The molecule has 0 saturated carbocycles. The molecule has 3 aromatic rings. The molecule has 0 bridgehead atoms. The molecule has 0 aliphatic rings. The summed E-state index contributed by atoms with van der Waals surface area (Å²) in [4.78, 5) is 12.2. The van der Waals surface area contributed by atoms with E-state index in [4.69, 9.17) is 23.7 Å². The smallest absolute Gasteiger partial charge is 0.165 e. The maximum absolute atomic E-state index is 13.6. The van der Waals surface area contributed by atoms with Gasteiger partial charge in [0.25, 0.3) is 0 Å². The zero-order chi connectivity index (χ0) is 15.0. The Morgan fingerprint density at radius 3 is 2.86 bits per heavy atom. The summed E-state index contributed by atoms with van der Waals surface area (Å²) in [6.45, 7) is 0.447. The summed E-state index contributed by atoms with van der Waals surface area (Å²) < 4.78 is 15.4. The number of fused-ring (bicyclic) bond motifs is 1. The number of hydrogen-bond acceptors (Lipinski definition) is 5. The minimum atomic E-state index is -0.437. The van der Waals surface area contributed by atoms with Gasteiger partial charge in [-0.05, 0) is 17.7 Å². The van der Waals surface area contributed by atoms with Crippen LogP contribution in [0.4, 0.5) is 10.2 Å². The van der Waals surface area contributed by atoms with E-state index in [1.54, 1.807) is 23.0 Å². The summed E-state index contributed by atoms with van der Waals surface area (Å²) in [7, 11) is 0. The SMILES string of the molecule is NC(=S)c1cc(Cn2cnc3c(N)ncnc32)ccc1F. The van der Waals surface area contributed by atoms with Crippen LogP contribution in [0.5, 0.6) is 0 Å². The van der Waals surface area contributed by atoms with Crippen molar-refractivity contribution in [1.82, 2.24) is 19.5 Å². The lowest BCUT2D eigenvalue weighted by atomic mass is 10.1. The van der Waals surface area contributed by atoms with Crippen LogP contribution < -0.4 is 11.5 Å². The van der Waals surface area contributed by atoms with Crippen molar-refractivity contribution in [1.29, 1.82) is 0 Å². The Hall–Kier alpha value is -2.61. The van der Waals surface area contributed by atoms with E-state index in [0.717, 1.165) is 5.56 Å². The molecular weight excluding hydrogens is 291 g/mol. The molecule has 0 radical (unpaired) electrons. The van der Waals surface area contributed by atoms with Crippen LogP contribution in [-0.2, 0) is 6.54 Å². The highest BCUT2D eigenvalue weighted by Gasteiger charge is 2.10. The molecule has 0 spiro atoms. The van der Waals surface area contributed by atoms with Crippen molar-refractivity contribution in [2.24, 2.45) is 5.73 Å². The molecule has 0 unspecified atom stereocenters. The fourth-order valence-electron chi connectivity index (χ4n) is 2.07. The van der Waals surface area contributed by atoms with Crippen molar-refractivity contribution in [2.75, 3.05) is 5.73 Å². The van der Waals surface area contributed by atoms with E-state index in [1.165, 1.54) is 12.4 Å². The van der Waals surface area contributed by atoms with Crippen molar-refractivity contribution in [3.05, 3.63) is 47.8 Å². The molecule has 0 amide bonds. The summed E-state index contributed by atoms with van der Waals surface area (Å²) in [6.07, 6.45) is 2.99. The van der Waals surface area contributed by atoms with Gasteiger partial charge in [-0.15, -0.1) is 0 Å². The average molecular weight is 302 g/mol. The number of thiocarbonyl (C=S) groups is 1. The monoisotopic (exact) mass is 302 g/mol. The van der Waals surface area contributed by atoms with Crippen LogP contribution in [-0.4, -0.2) is 24.5 Å². The van der Waals surface area contributed by atoms with E-state index in [0.29, 0.717) is 23.5 Å². The molecule has 2 heterocycles. The van der Waals surface area contributed by atoms with Crippen LogP contribution in [0.3, 0.4) is 0 Å². The lowest BCUT2D eigenvalue weighted by molar-refractivity contribution is 0.624. The molecule has 0 atom stereocenters. The third kappa shape index (κ3) is 2.40. The normalized spacial score (nSPS) is 10.9.